The lowest BCUT2D eigenvalue weighted by Crippen LogP contribution is -2.31. The fourth-order valence-corrected chi connectivity index (χ4v) is 1.50. The molecule has 0 unspecified atom stereocenters. The van der Waals surface area contributed by atoms with Crippen LogP contribution in [0.1, 0.15) is 5.76 Å². The second-order valence-corrected chi connectivity index (χ2v) is 3.70. The van der Waals surface area contributed by atoms with Gasteiger partial charge in [-0.05, 0) is 6.07 Å². The monoisotopic (exact) mass is 276 g/mol. The number of nitro groups is 1. The minimum Gasteiger partial charge on any atom is -0.400 e. The van der Waals surface area contributed by atoms with Gasteiger partial charge in [-0.2, -0.15) is 5.10 Å². The third kappa shape index (κ3) is 2.49. The van der Waals surface area contributed by atoms with Gasteiger partial charge in [-0.25, -0.2) is 14.7 Å². The average molecular weight is 276 g/mol. The van der Waals surface area contributed by atoms with Crippen LogP contribution in [0.4, 0.5) is 10.7 Å². The minimum absolute atomic E-state index is 0.0901. The molecule has 9 nitrogen and oxygen atoms in total. The third-order valence-corrected chi connectivity index (χ3v) is 2.40. The fourth-order valence-electron chi connectivity index (χ4n) is 1.50. The van der Waals surface area contributed by atoms with Gasteiger partial charge in [0, 0.05) is 0 Å². The van der Waals surface area contributed by atoms with Crippen LogP contribution < -0.4 is 0 Å². The first kappa shape index (κ1) is 13.3. The van der Waals surface area contributed by atoms with Gasteiger partial charge in [-0.1, -0.05) is 5.92 Å². The molecule has 1 aliphatic rings. The zero-order valence-electron chi connectivity index (χ0n) is 10.1. The van der Waals surface area contributed by atoms with Gasteiger partial charge in [0.05, 0.1) is 18.8 Å². The molecule has 1 aromatic heterocycles. The predicted octanol–water partition coefficient (Wildman–Crippen LogP) is 0.419. The number of amides is 3. The number of terminal acetylenes is 1. The van der Waals surface area contributed by atoms with Crippen molar-refractivity contribution in [1.82, 2.24) is 9.91 Å². The predicted molar refractivity (Wildman–Crippen MR) is 65.6 cm³/mol. The molecule has 1 aliphatic heterocycles. The molecule has 2 heterocycles. The molecule has 20 heavy (non-hydrogen) atoms. The van der Waals surface area contributed by atoms with Crippen molar-refractivity contribution in [3.8, 4) is 12.3 Å². The van der Waals surface area contributed by atoms with Crippen LogP contribution >= 0.6 is 0 Å². The first-order valence-electron chi connectivity index (χ1n) is 5.36. The van der Waals surface area contributed by atoms with Gasteiger partial charge in [-0.15, -0.1) is 6.42 Å². The van der Waals surface area contributed by atoms with E-state index in [9.17, 15) is 19.7 Å². The van der Waals surface area contributed by atoms with Gasteiger partial charge in [-0.3, -0.25) is 14.9 Å². The van der Waals surface area contributed by atoms with Crippen molar-refractivity contribution in [3.63, 3.8) is 0 Å². The smallest absolute Gasteiger partial charge is 0.400 e. The second kappa shape index (κ2) is 5.23. The van der Waals surface area contributed by atoms with Crippen LogP contribution in [-0.2, 0) is 4.79 Å². The van der Waals surface area contributed by atoms with Crippen LogP contribution in [0.15, 0.2) is 21.7 Å². The molecule has 102 valence electrons. The molecule has 0 aromatic carbocycles. The van der Waals surface area contributed by atoms with E-state index >= 15 is 0 Å². The zero-order chi connectivity index (χ0) is 14.7. The van der Waals surface area contributed by atoms with Crippen molar-refractivity contribution in [2.24, 2.45) is 5.10 Å². The summed E-state index contributed by atoms with van der Waals surface area (Å²) in [4.78, 5) is 33.8. The third-order valence-electron chi connectivity index (χ3n) is 2.40. The summed E-state index contributed by atoms with van der Waals surface area (Å²) in [6.07, 6.45) is 6.15. The van der Waals surface area contributed by atoms with E-state index in [2.05, 4.69) is 11.0 Å². The molecule has 9 heteroatoms. The Morgan fingerprint density at radius 2 is 2.30 bits per heavy atom. The zero-order valence-corrected chi connectivity index (χ0v) is 10.1. The number of nitrogens with zero attached hydrogens (tertiary/aromatic N) is 4. The summed E-state index contributed by atoms with van der Waals surface area (Å²) in [5.41, 5.74) is 0. The van der Waals surface area contributed by atoms with Crippen LogP contribution in [0.5, 0.6) is 0 Å². The van der Waals surface area contributed by atoms with Gasteiger partial charge < -0.3 is 4.42 Å². The molecule has 0 spiro atoms. The van der Waals surface area contributed by atoms with E-state index < -0.39 is 22.7 Å². The molecule has 1 fully saturated rings. The van der Waals surface area contributed by atoms with Gasteiger partial charge in [0.1, 0.15) is 11.5 Å². The molecular weight excluding hydrogens is 268 g/mol. The molecule has 0 N–H and O–H groups in total. The fraction of sp³-hybridized carbons (Fsp3) is 0.182. The van der Waals surface area contributed by atoms with Gasteiger partial charge in [0.2, 0.25) is 0 Å². The topological polar surface area (TPSA) is 109 Å². The van der Waals surface area contributed by atoms with E-state index in [4.69, 9.17) is 10.8 Å². The highest BCUT2D eigenvalue weighted by Crippen LogP contribution is 2.15. The number of imide groups is 1. The van der Waals surface area contributed by atoms with Crippen molar-refractivity contribution in [3.05, 3.63) is 28.0 Å². The van der Waals surface area contributed by atoms with E-state index in [0.29, 0.717) is 0 Å². The number of urea groups is 1. The second-order valence-electron chi connectivity index (χ2n) is 3.70. The lowest BCUT2D eigenvalue weighted by Gasteiger charge is -2.09. The number of hydrogen-bond acceptors (Lipinski definition) is 6. The lowest BCUT2D eigenvalue weighted by atomic mass is 10.5. The van der Waals surface area contributed by atoms with E-state index in [0.717, 1.165) is 22.2 Å². The van der Waals surface area contributed by atoms with Crippen LogP contribution in [0.25, 0.3) is 0 Å². The molecule has 0 saturated carbocycles. The largest absolute Gasteiger partial charge is 0.433 e. The highest BCUT2D eigenvalue weighted by atomic mass is 16.6. The maximum absolute atomic E-state index is 11.7. The number of carbonyl (C=O) groups excluding carboxylic acids is 2. The molecule has 0 radical (unpaired) electrons. The Bertz CT molecular complexity index is 641. The van der Waals surface area contributed by atoms with Crippen molar-refractivity contribution in [2.45, 2.75) is 0 Å². The molecule has 3 amide bonds. The molecule has 0 atom stereocenters. The first-order valence-corrected chi connectivity index (χ1v) is 5.36. The van der Waals surface area contributed by atoms with E-state index in [1.54, 1.807) is 0 Å². The average Bonchev–Trinajstić information content (AvgIpc) is 2.97. The Hall–Kier alpha value is -3.15. The Balaban J connectivity index is 2.08. The highest BCUT2D eigenvalue weighted by molar-refractivity contribution is 6.02. The minimum atomic E-state index is -0.698. The number of hydrogen-bond donors (Lipinski definition) is 0. The summed E-state index contributed by atoms with van der Waals surface area (Å²) in [5, 5.41) is 15.1. The van der Waals surface area contributed by atoms with Gasteiger partial charge >= 0.3 is 11.9 Å². The maximum atomic E-state index is 11.7. The summed E-state index contributed by atoms with van der Waals surface area (Å²) in [5.74, 6) is 1.38. The molecule has 2 rings (SSSR count). The Kier molecular flexibility index (Phi) is 3.47. The number of rotatable bonds is 4. The lowest BCUT2D eigenvalue weighted by molar-refractivity contribution is -0.402. The molecule has 1 saturated heterocycles. The Labute approximate surface area is 112 Å². The van der Waals surface area contributed by atoms with Crippen molar-refractivity contribution < 1.29 is 18.9 Å². The quantitative estimate of drug-likeness (QED) is 0.260. The number of carbonyl (C=O) groups is 2. The van der Waals surface area contributed by atoms with Gasteiger partial charge in [0.25, 0.3) is 5.91 Å². The summed E-state index contributed by atoms with van der Waals surface area (Å²) in [7, 11) is 0. The van der Waals surface area contributed by atoms with E-state index in [-0.39, 0.29) is 18.8 Å². The van der Waals surface area contributed by atoms with Crippen LogP contribution in [0.2, 0.25) is 0 Å². The van der Waals surface area contributed by atoms with Gasteiger partial charge in [0.15, 0.2) is 5.76 Å². The Morgan fingerprint density at radius 3 is 2.90 bits per heavy atom. The molecule has 1 aromatic rings. The van der Waals surface area contributed by atoms with Crippen molar-refractivity contribution >= 4 is 24.0 Å². The number of hydrazone groups is 1. The summed E-state index contributed by atoms with van der Waals surface area (Å²) >= 11 is 0. The Morgan fingerprint density at radius 1 is 1.55 bits per heavy atom. The summed E-state index contributed by atoms with van der Waals surface area (Å²) in [6.45, 7) is -0.365. The van der Waals surface area contributed by atoms with Crippen LogP contribution in [0, 0.1) is 22.5 Å². The SMILES string of the molecule is C#CCN1C(=O)CN(/N=C/c2ccc([N+](=O)[O-])o2)C1=O. The van der Waals surface area contributed by atoms with Crippen LogP contribution in [-0.4, -0.2) is 46.1 Å². The molecule has 0 aliphatic carbocycles. The number of furan rings is 1. The molecule has 0 bridgehead atoms. The standard InChI is InChI=1S/C11H8N4O5/c1-2-5-13-9(16)7-14(11(13)17)12-6-8-3-4-10(20-8)15(18)19/h1,3-4,6H,5,7H2/b12-6+. The van der Waals surface area contributed by atoms with Crippen LogP contribution in [0.3, 0.4) is 0 Å². The normalized spacial score (nSPS) is 15.2. The summed E-state index contributed by atoms with van der Waals surface area (Å²) in [6, 6.07) is 1.83. The highest BCUT2D eigenvalue weighted by Gasteiger charge is 2.35. The van der Waals surface area contributed by atoms with Crippen molar-refractivity contribution in [2.75, 3.05) is 13.1 Å². The molecular formula is C11H8N4O5. The summed E-state index contributed by atoms with van der Waals surface area (Å²) < 4.78 is 4.82. The van der Waals surface area contributed by atoms with E-state index in [1.165, 1.54) is 6.07 Å². The first-order chi connectivity index (χ1) is 9.52. The maximum Gasteiger partial charge on any atom is 0.433 e. The van der Waals surface area contributed by atoms with Crippen molar-refractivity contribution in [1.29, 1.82) is 0 Å². The van der Waals surface area contributed by atoms with E-state index in [1.807, 2.05) is 0 Å².